The van der Waals surface area contributed by atoms with E-state index >= 15 is 0 Å². The largest absolute Gasteiger partial charge is 0.240 e. The van der Waals surface area contributed by atoms with Crippen molar-refractivity contribution in [2.75, 3.05) is 0 Å². The number of thiol groups is 1. The Bertz CT molecular complexity index is 451. The van der Waals surface area contributed by atoms with Crippen LogP contribution < -0.4 is 0 Å². The molecule has 76 valence electrons. The summed E-state index contributed by atoms with van der Waals surface area (Å²) in [4.78, 5) is 8.43. The Kier molecular flexibility index (Phi) is 3.02. The normalized spacial score (nSPS) is 10.3. The molecule has 1 aromatic carbocycles. The standard InChI is InChI=1S/C12H12N2S/c1-9-3-2-4-10(5-9)11-6-13-12(8-15)14-7-11/h2-7,15H,8H2,1H3. The molecule has 1 aromatic heterocycles. The minimum atomic E-state index is 0.577. The molecule has 0 radical (unpaired) electrons. The summed E-state index contributed by atoms with van der Waals surface area (Å²) in [6, 6.07) is 8.30. The molecule has 1 heterocycles. The summed E-state index contributed by atoms with van der Waals surface area (Å²) in [5.74, 6) is 1.34. The maximum absolute atomic E-state index is 4.22. The molecule has 0 unspecified atom stereocenters. The van der Waals surface area contributed by atoms with Gasteiger partial charge in [-0.15, -0.1) is 0 Å². The SMILES string of the molecule is Cc1cccc(-c2cnc(CS)nc2)c1. The first-order valence-corrected chi connectivity index (χ1v) is 5.41. The van der Waals surface area contributed by atoms with Gasteiger partial charge in [-0.1, -0.05) is 29.8 Å². The summed E-state index contributed by atoms with van der Waals surface area (Å²) < 4.78 is 0. The second-order valence-corrected chi connectivity index (χ2v) is 3.73. The van der Waals surface area contributed by atoms with Crippen LogP contribution in [0.3, 0.4) is 0 Å². The Morgan fingerprint density at radius 2 is 1.87 bits per heavy atom. The molecule has 0 bridgehead atoms. The first-order valence-electron chi connectivity index (χ1n) is 4.78. The number of aromatic nitrogens is 2. The summed E-state index contributed by atoms with van der Waals surface area (Å²) >= 11 is 4.12. The van der Waals surface area contributed by atoms with E-state index in [0.29, 0.717) is 5.75 Å². The van der Waals surface area contributed by atoms with E-state index in [1.54, 1.807) is 0 Å². The Labute approximate surface area is 94.8 Å². The molecule has 0 aliphatic carbocycles. The second-order valence-electron chi connectivity index (χ2n) is 3.42. The predicted octanol–water partition coefficient (Wildman–Crippen LogP) is 2.88. The highest BCUT2D eigenvalue weighted by molar-refractivity contribution is 7.79. The van der Waals surface area contributed by atoms with E-state index in [-0.39, 0.29) is 0 Å². The van der Waals surface area contributed by atoms with Crippen LogP contribution in [0, 0.1) is 6.92 Å². The van der Waals surface area contributed by atoms with E-state index in [4.69, 9.17) is 0 Å². The number of hydrogen-bond acceptors (Lipinski definition) is 3. The Morgan fingerprint density at radius 1 is 1.13 bits per heavy atom. The van der Waals surface area contributed by atoms with Gasteiger partial charge in [-0.05, 0) is 12.5 Å². The minimum Gasteiger partial charge on any atom is -0.240 e. The fourth-order valence-electron chi connectivity index (χ4n) is 1.41. The van der Waals surface area contributed by atoms with E-state index < -0.39 is 0 Å². The number of aryl methyl sites for hydroxylation is 1. The van der Waals surface area contributed by atoms with Gasteiger partial charge in [0.15, 0.2) is 0 Å². The number of rotatable bonds is 2. The van der Waals surface area contributed by atoms with E-state index in [1.165, 1.54) is 5.56 Å². The molecule has 0 amide bonds. The zero-order valence-electron chi connectivity index (χ0n) is 8.51. The lowest BCUT2D eigenvalue weighted by atomic mass is 10.1. The van der Waals surface area contributed by atoms with Crippen LogP contribution in [0.5, 0.6) is 0 Å². The van der Waals surface area contributed by atoms with Crippen molar-refractivity contribution < 1.29 is 0 Å². The summed E-state index contributed by atoms with van der Waals surface area (Å²) in [5.41, 5.74) is 3.44. The molecule has 2 rings (SSSR count). The minimum absolute atomic E-state index is 0.577. The van der Waals surface area contributed by atoms with Crippen LogP contribution in [0.2, 0.25) is 0 Å². The van der Waals surface area contributed by atoms with Gasteiger partial charge < -0.3 is 0 Å². The zero-order chi connectivity index (χ0) is 10.7. The highest BCUT2D eigenvalue weighted by atomic mass is 32.1. The smallest absolute Gasteiger partial charge is 0.137 e. The zero-order valence-corrected chi connectivity index (χ0v) is 9.41. The Hall–Kier alpha value is -1.35. The molecule has 0 aliphatic rings. The van der Waals surface area contributed by atoms with Crippen molar-refractivity contribution in [3.8, 4) is 11.1 Å². The monoisotopic (exact) mass is 216 g/mol. The summed E-state index contributed by atoms with van der Waals surface area (Å²) in [6.07, 6.45) is 3.68. The average Bonchev–Trinajstić information content (AvgIpc) is 2.29. The van der Waals surface area contributed by atoms with Gasteiger partial charge in [-0.2, -0.15) is 12.6 Å². The van der Waals surface area contributed by atoms with Crippen LogP contribution in [0.4, 0.5) is 0 Å². The van der Waals surface area contributed by atoms with Gasteiger partial charge >= 0.3 is 0 Å². The highest BCUT2D eigenvalue weighted by Crippen LogP contribution is 2.18. The first kappa shape index (κ1) is 10.2. The van der Waals surface area contributed by atoms with Crippen LogP contribution in [0.25, 0.3) is 11.1 Å². The number of benzene rings is 1. The molecule has 0 saturated carbocycles. The predicted molar refractivity (Wildman–Crippen MR) is 64.9 cm³/mol. The van der Waals surface area contributed by atoms with E-state index in [2.05, 4.69) is 47.7 Å². The third kappa shape index (κ3) is 2.36. The van der Waals surface area contributed by atoms with Crippen molar-refractivity contribution in [3.63, 3.8) is 0 Å². The molecule has 2 aromatic rings. The van der Waals surface area contributed by atoms with Gasteiger partial charge in [0, 0.05) is 18.0 Å². The maximum Gasteiger partial charge on any atom is 0.137 e. The van der Waals surface area contributed by atoms with Crippen molar-refractivity contribution in [2.45, 2.75) is 12.7 Å². The van der Waals surface area contributed by atoms with Crippen LogP contribution in [-0.4, -0.2) is 9.97 Å². The molecule has 0 aliphatic heterocycles. The highest BCUT2D eigenvalue weighted by Gasteiger charge is 1.99. The van der Waals surface area contributed by atoms with Gasteiger partial charge in [0.1, 0.15) is 5.82 Å². The van der Waals surface area contributed by atoms with Crippen LogP contribution in [0.15, 0.2) is 36.7 Å². The molecule has 2 nitrogen and oxygen atoms in total. The van der Waals surface area contributed by atoms with Gasteiger partial charge in [-0.3, -0.25) is 0 Å². The lowest BCUT2D eigenvalue weighted by Gasteiger charge is -2.02. The number of nitrogens with zero attached hydrogens (tertiary/aromatic N) is 2. The molecule has 0 fully saturated rings. The summed E-state index contributed by atoms with van der Waals surface area (Å²) in [7, 11) is 0. The molecule has 15 heavy (non-hydrogen) atoms. The van der Waals surface area contributed by atoms with E-state index in [0.717, 1.165) is 17.0 Å². The fourth-order valence-corrected chi connectivity index (χ4v) is 1.57. The third-order valence-corrected chi connectivity index (χ3v) is 2.48. The van der Waals surface area contributed by atoms with Gasteiger partial charge in [0.05, 0.1) is 5.75 Å². The van der Waals surface area contributed by atoms with Crippen molar-refractivity contribution in [2.24, 2.45) is 0 Å². The topological polar surface area (TPSA) is 25.8 Å². The molecule has 3 heteroatoms. The summed E-state index contributed by atoms with van der Waals surface area (Å²) in [6.45, 7) is 2.08. The van der Waals surface area contributed by atoms with Gasteiger partial charge in [0.2, 0.25) is 0 Å². The van der Waals surface area contributed by atoms with Gasteiger partial charge in [0.25, 0.3) is 0 Å². The molecular weight excluding hydrogens is 204 g/mol. The van der Waals surface area contributed by atoms with Gasteiger partial charge in [-0.25, -0.2) is 9.97 Å². The Balaban J connectivity index is 2.37. The molecule has 0 atom stereocenters. The molecule has 0 saturated heterocycles. The molecular formula is C12H12N2S. The first-order chi connectivity index (χ1) is 7.29. The molecule has 0 spiro atoms. The second kappa shape index (κ2) is 4.45. The summed E-state index contributed by atoms with van der Waals surface area (Å²) in [5, 5.41) is 0. The fraction of sp³-hybridized carbons (Fsp3) is 0.167. The quantitative estimate of drug-likeness (QED) is 0.781. The average molecular weight is 216 g/mol. The van der Waals surface area contributed by atoms with Crippen molar-refractivity contribution in [3.05, 3.63) is 48.0 Å². The third-order valence-electron chi connectivity index (χ3n) is 2.20. The maximum atomic E-state index is 4.22. The van der Waals surface area contributed by atoms with E-state index in [9.17, 15) is 0 Å². The van der Waals surface area contributed by atoms with Crippen LogP contribution >= 0.6 is 12.6 Å². The number of hydrogen-bond donors (Lipinski definition) is 1. The Morgan fingerprint density at radius 3 is 2.47 bits per heavy atom. The van der Waals surface area contributed by atoms with Crippen molar-refractivity contribution in [1.29, 1.82) is 0 Å². The van der Waals surface area contributed by atoms with E-state index in [1.807, 2.05) is 18.5 Å². The molecule has 0 N–H and O–H groups in total. The lowest BCUT2D eigenvalue weighted by Crippen LogP contribution is -1.91. The van der Waals surface area contributed by atoms with Crippen molar-refractivity contribution >= 4 is 12.6 Å². The van der Waals surface area contributed by atoms with Crippen LogP contribution in [0.1, 0.15) is 11.4 Å². The van der Waals surface area contributed by atoms with Crippen molar-refractivity contribution in [1.82, 2.24) is 9.97 Å². The lowest BCUT2D eigenvalue weighted by molar-refractivity contribution is 1.04. The van der Waals surface area contributed by atoms with Crippen LogP contribution in [-0.2, 0) is 5.75 Å².